The van der Waals surface area contributed by atoms with Gasteiger partial charge in [0.25, 0.3) is 5.91 Å². The maximum absolute atomic E-state index is 12.2. The summed E-state index contributed by atoms with van der Waals surface area (Å²) in [5.74, 6) is 2.10. The van der Waals surface area contributed by atoms with E-state index in [0.717, 1.165) is 5.76 Å². The van der Waals surface area contributed by atoms with Crippen LogP contribution >= 0.6 is 0 Å². The Bertz CT molecular complexity index is 682. The molecule has 1 N–H and O–H groups in total. The van der Waals surface area contributed by atoms with E-state index in [1.807, 2.05) is 13.0 Å². The lowest BCUT2D eigenvalue weighted by molar-refractivity contribution is 0.0954. The van der Waals surface area contributed by atoms with Crippen LogP contribution < -0.4 is 14.9 Å². The maximum Gasteiger partial charge on any atom is 0.271 e. The van der Waals surface area contributed by atoms with E-state index < -0.39 is 0 Å². The molecule has 2 rings (SSSR count). The number of benzene rings is 1. The monoisotopic (exact) mass is 302 g/mol. The molecule has 0 saturated carbocycles. The third-order valence-electron chi connectivity index (χ3n) is 3.04. The highest BCUT2D eigenvalue weighted by atomic mass is 16.5. The number of ether oxygens (including phenoxy) is 2. The van der Waals surface area contributed by atoms with Crippen LogP contribution in [0.3, 0.4) is 0 Å². The predicted octanol–water partition coefficient (Wildman–Crippen LogP) is 2.76. The van der Waals surface area contributed by atoms with Gasteiger partial charge in [-0.25, -0.2) is 5.43 Å². The fourth-order valence-corrected chi connectivity index (χ4v) is 1.82. The molecule has 22 heavy (non-hydrogen) atoms. The Morgan fingerprint density at radius 3 is 2.27 bits per heavy atom. The first-order valence-corrected chi connectivity index (χ1v) is 6.68. The largest absolute Gasteiger partial charge is 0.497 e. The first-order valence-electron chi connectivity index (χ1n) is 6.68. The average Bonchev–Trinajstić information content (AvgIpc) is 2.98. The maximum atomic E-state index is 12.2. The number of aryl methyl sites for hydroxylation is 1. The van der Waals surface area contributed by atoms with Crippen molar-refractivity contribution in [2.45, 2.75) is 13.8 Å². The molecule has 0 saturated heterocycles. The van der Waals surface area contributed by atoms with E-state index in [0.29, 0.717) is 28.5 Å². The first-order chi connectivity index (χ1) is 10.5. The van der Waals surface area contributed by atoms with Gasteiger partial charge in [-0.05, 0) is 38.1 Å². The second-order valence-corrected chi connectivity index (χ2v) is 4.65. The van der Waals surface area contributed by atoms with E-state index in [-0.39, 0.29) is 5.91 Å². The molecule has 6 heteroatoms. The fourth-order valence-electron chi connectivity index (χ4n) is 1.82. The lowest BCUT2D eigenvalue weighted by atomic mass is 10.2. The SMILES string of the molecule is COc1cc(OC)cc(C(=O)N/N=C(/C)c2ccc(C)o2)c1. The summed E-state index contributed by atoms with van der Waals surface area (Å²) < 4.78 is 15.7. The number of hydrazone groups is 1. The summed E-state index contributed by atoms with van der Waals surface area (Å²) in [5, 5.41) is 4.04. The number of hydrogen-bond donors (Lipinski definition) is 1. The highest BCUT2D eigenvalue weighted by molar-refractivity contribution is 5.99. The molecule has 0 fully saturated rings. The van der Waals surface area contributed by atoms with Crippen molar-refractivity contribution in [1.29, 1.82) is 0 Å². The van der Waals surface area contributed by atoms with Crippen molar-refractivity contribution in [3.05, 3.63) is 47.4 Å². The number of amides is 1. The second-order valence-electron chi connectivity index (χ2n) is 4.65. The molecule has 0 spiro atoms. The Labute approximate surface area is 128 Å². The van der Waals surface area contributed by atoms with Gasteiger partial charge in [-0.1, -0.05) is 0 Å². The van der Waals surface area contributed by atoms with Gasteiger partial charge in [0, 0.05) is 11.6 Å². The van der Waals surface area contributed by atoms with E-state index >= 15 is 0 Å². The summed E-state index contributed by atoms with van der Waals surface area (Å²) in [4.78, 5) is 12.2. The van der Waals surface area contributed by atoms with Crippen molar-refractivity contribution in [2.24, 2.45) is 5.10 Å². The van der Waals surface area contributed by atoms with Crippen LogP contribution in [-0.2, 0) is 0 Å². The summed E-state index contributed by atoms with van der Waals surface area (Å²) in [7, 11) is 3.05. The molecule has 1 amide bonds. The van der Waals surface area contributed by atoms with E-state index in [1.54, 1.807) is 31.2 Å². The molecule has 0 aliphatic heterocycles. The van der Waals surface area contributed by atoms with E-state index in [1.165, 1.54) is 14.2 Å². The highest BCUT2D eigenvalue weighted by Gasteiger charge is 2.10. The van der Waals surface area contributed by atoms with Crippen LogP contribution in [0.1, 0.15) is 28.8 Å². The van der Waals surface area contributed by atoms with Crippen molar-refractivity contribution >= 4 is 11.6 Å². The minimum Gasteiger partial charge on any atom is -0.497 e. The average molecular weight is 302 g/mol. The molecule has 2 aromatic rings. The van der Waals surface area contributed by atoms with Crippen LogP contribution in [0.15, 0.2) is 39.9 Å². The molecular weight excluding hydrogens is 284 g/mol. The number of rotatable bonds is 5. The minimum absolute atomic E-state index is 0.361. The normalized spacial score (nSPS) is 11.2. The molecule has 1 aromatic heterocycles. The molecule has 0 bridgehead atoms. The van der Waals surface area contributed by atoms with Crippen LogP contribution in [0, 0.1) is 6.92 Å². The summed E-state index contributed by atoms with van der Waals surface area (Å²) in [6.07, 6.45) is 0. The van der Waals surface area contributed by atoms with Crippen LogP contribution in [0.5, 0.6) is 11.5 Å². The van der Waals surface area contributed by atoms with E-state index in [4.69, 9.17) is 13.9 Å². The number of nitrogens with zero attached hydrogens (tertiary/aromatic N) is 1. The lowest BCUT2D eigenvalue weighted by Gasteiger charge is -2.07. The van der Waals surface area contributed by atoms with Gasteiger partial charge in [0.1, 0.15) is 28.7 Å². The van der Waals surface area contributed by atoms with E-state index in [9.17, 15) is 4.79 Å². The molecular formula is C16H18N2O4. The van der Waals surface area contributed by atoms with Crippen LogP contribution in [-0.4, -0.2) is 25.8 Å². The molecule has 0 atom stereocenters. The van der Waals surface area contributed by atoms with Crippen LogP contribution in [0.25, 0.3) is 0 Å². The van der Waals surface area contributed by atoms with Gasteiger partial charge in [0.05, 0.1) is 14.2 Å². The Hall–Kier alpha value is -2.76. The topological polar surface area (TPSA) is 73.1 Å². The first kappa shape index (κ1) is 15.6. The molecule has 1 aromatic carbocycles. The van der Waals surface area contributed by atoms with E-state index in [2.05, 4.69) is 10.5 Å². The van der Waals surface area contributed by atoms with Crippen molar-refractivity contribution < 1.29 is 18.7 Å². The number of hydrogen-bond acceptors (Lipinski definition) is 5. The minimum atomic E-state index is -0.361. The third kappa shape index (κ3) is 3.66. The Kier molecular flexibility index (Phi) is 4.83. The Morgan fingerprint density at radius 1 is 1.14 bits per heavy atom. The van der Waals surface area contributed by atoms with Crippen molar-refractivity contribution in [1.82, 2.24) is 5.43 Å². The Morgan fingerprint density at radius 2 is 1.77 bits per heavy atom. The van der Waals surface area contributed by atoms with Gasteiger partial charge in [0.15, 0.2) is 0 Å². The zero-order chi connectivity index (χ0) is 16.1. The summed E-state index contributed by atoms with van der Waals surface area (Å²) in [6, 6.07) is 8.55. The smallest absolute Gasteiger partial charge is 0.271 e. The van der Waals surface area contributed by atoms with Crippen LogP contribution in [0.2, 0.25) is 0 Å². The molecule has 0 aliphatic rings. The standard InChI is InChI=1S/C16H18N2O4/c1-10-5-6-15(22-10)11(2)17-18-16(19)12-7-13(20-3)9-14(8-12)21-4/h5-9H,1-4H3,(H,18,19)/b17-11-. The molecule has 6 nitrogen and oxygen atoms in total. The van der Waals surface area contributed by atoms with Gasteiger partial charge in [-0.3, -0.25) is 4.79 Å². The van der Waals surface area contributed by atoms with Gasteiger partial charge < -0.3 is 13.9 Å². The van der Waals surface area contributed by atoms with Crippen LogP contribution in [0.4, 0.5) is 0 Å². The molecule has 0 unspecified atom stereocenters. The molecule has 0 aliphatic carbocycles. The van der Waals surface area contributed by atoms with Gasteiger partial charge in [0.2, 0.25) is 0 Å². The van der Waals surface area contributed by atoms with Gasteiger partial charge in [-0.15, -0.1) is 0 Å². The number of furan rings is 1. The van der Waals surface area contributed by atoms with Crippen molar-refractivity contribution in [3.63, 3.8) is 0 Å². The molecule has 0 radical (unpaired) electrons. The number of carbonyl (C=O) groups is 1. The fraction of sp³-hybridized carbons (Fsp3) is 0.250. The summed E-state index contributed by atoms with van der Waals surface area (Å²) >= 11 is 0. The van der Waals surface area contributed by atoms with Crippen molar-refractivity contribution in [3.8, 4) is 11.5 Å². The summed E-state index contributed by atoms with van der Waals surface area (Å²) in [5.41, 5.74) is 3.46. The quantitative estimate of drug-likeness (QED) is 0.681. The predicted molar refractivity (Wildman–Crippen MR) is 82.7 cm³/mol. The Balaban J connectivity index is 2.15. The number of nitrogens with one attached hydrogen (secondary N) is 1. The summed E-state index contributed by atoms with van der Waals surface area (Å²) in [6.45, 7) is 3.60. The number of methoxy groups -OCH3 is 2. The highest BCUT2D eigenvalue weighted by Crippen LogP contribution is 2.22. The van der Waals surface area contributed by atoms with Crippen molar-refractivity contribution in [2.75, 3.05) is 14.2 Å². The number of carbonyl (C=O) groups excluding carboxylic acids is 1. The molecule has 116 valence electrons. The third-order valence-corrected chi connectivity index (χ3v) is 3.04. The molecule has 1 heterocycles. The van der Waals surface area contributed by atoms with Gasteiger partial charge >= 0.3 is 0 Å². The zero-order valence-corrected chi connectivity index (χ0v) is 13.0. The second kappa shape index (κ2) is 6.80. The lowest BCUT2D eigenvalue weighted by Crippen LogP contribution is -2.19. The zero-order valence-electron chi connectivity index (χ0n) is 13.0. The van der Waals surface area contributed by atoms with Gasteiger partial charge in [-0.2, -0.15) is 5.10 Å².